The number of unbranched alkanes of at least 4 members (excludes halogenated alkanes) is 1. The Labute approximate surface area is 270 Å². The normalized spacial score (nSPS) is 19.9. The van der Waals surface area contributed by atoms with Gasteiger partial charge in [-0.15, -0.1) is 11.3 Å². The average molecular weight is 652 g/mol. The molecule has 0 radical (unpaired) electrons. The molecule has 1 saturated carbocycles. The van der Waals surface area contributed by atoms with E-state index in [-0.39, 0.29) is 29.2 Å². The summed E-state index contributed by atoms with van der Waals surface area (Å²) >= 11 is 1.76. The van der Waals surface area contributed by atoms with Crippen molar-refractivity contribution in [2.45, 2.75) is 90.0 Å². The van der Waals surface area contributed by atoms with Crippen molar-refractivity contribution in [2.24, 2.45) is 17.8 Å². The monoisotopic (exact) mass is 651 g/mol. The number of benzene rings is 1. The van der Waals surface area contributed by atoms with Gasteiger partial charge in [0.15, 0.2) is 5.82 Å². The number of aryl methyl sites for hydroxylation is 3. The van der Waals surface area contributed by atoms with Crippen molar-refractivity contribution in [3.05, 3.63) is 46.6 Å². The highest BCUT2D eigenvalue weighted by Gasteiger charge is 2.33. The Balaban J connectivity index is 1.04. The summed E-state index contributed by atoms with van der Waals surface area (Å²) in [6, 6.07) is 8.83. The zero-order valence-corrected chi connectivity index (χ0v) is 28.3. The summed E-state index contributed by atoms with van der Waals surface area (Å²) in [6.45, 7) is 8.83. The van der Waals surface area contributed by atoms with Crippen molar-refractivity contribution in [3.63, 3.8) is 0 Å². The molecule has 0 bridgehead atoms. The number of fused-ring (bicyclic) bond motifs is 3. The summed E-state index contributed by atoms with van der Waals surface area (Å²) in [5.74, 6) is 2.46. The minimum absolute atomic E-state index is 0.00979. The SMILES string of the molecule is CCCCc1nc2c(N)nc3cc(C)sc3c2n1CC1CCN(C(=O)C2CCC(COS(=O)(=O)c3ccc(C)cc3)CC2)CC1. The molecular formula is C34H45N5O4S2. The molecule has 2 aliphatic rings. The second kappa shape index (κ2) is 13.4. The second-order valence-corrected chi connectivity index (χ2v) is 15.9. The van der Waals surface area contributed by atoms with Crippen LogP contribution in [0, 0.1) is 31.6 Å². The molecule has 1 aromatic carbocycles. The van der Waals surface area contributed by atoms with Crippen molar-refractivity contribution in [1.29, 1.82) is 0 Å². The average Bonchev–Trinajstić information content (AvgIpc) is 3.59. The van der Waals surface area contributed by atoms with Gasteiger partial charge >= 0.3 is 0 Å². The van der Waals surface area contributed by atoms with Crippen LogP contribution in [-0.4, -0.2) is 53.5 Å². The first-order valence-corrected chi connectivity index (χ1v) is 18.6. The number of likely N-dealkylation sites (tertiary alicyclic amines) is 1. The standard InChI is InChI=1S/C34H45N5O4S2/c1-4-5-6-29-37-30-31(32-28(36-33(30)35)19-23(3)44-32)39(29)20-24-15-17-38(18-16-24)34(40)26-11-9-25(10-12-26)21-43-45(41,42)27-13-7-22(2)8-14-27/h7-8,13-14,19,24-26H,4-6,9-12,15-18,20-21H2,1-3H3,(H2,35,36). The van der Waals surface area contributed by atoms with Gasteiger partial charge in [0.1, 0.15) is 11.3 Å². The third kappa shape index (κ3) is 6.90. The fourth-order valence-electron chi connectivity index (χ4n) is 6.95. The molecule has 242 valence electrons. The van der Waals surface area contributed by atoms with Crippen LogP contribution >= 0.6 is 11.3 Å². The van der Waals surface area contributed by atoms with Crippen LogP contribution in [0.5, 0.6) is 0 Å². The van der Waals surface area contributed by atoms with Crippen LogP contribution in [0.2, 0.25) is 0 Å². The largest absolute Gasteiger partial charge is 0.382 e. The maximum atomic E-state index is 13.5. The van der Waals surface area contributed by atoms with Crippen LogP contribution in [0.4, 0.5) is 5.82 Å². The summed E-state index contributed by atoms with van der Waals surface area (Å²) in [5.41, 5.74) is 10.3. The van der Waals surface area contributed by atoms with Gasteiger partial charge in [0.05, 0.1) is 27.2 Å². The lowest BCUT2D eigenvalue weighted by Gasteiger charge is -2.36. The molecule has 9 nitrogen and oxygen atoms in total. The highest BCUT2D eigenvalue weighted by molar-refractivity contribution is 7.86. The lowest BCUT2D eigenvalue weighted by molar-refractivity contribution is -0.138. The van der Waals surface area contributed by atoms with Crippen LogP contribution in [0.15, 0.2) is 35.2 Å². The third-order valence-corrected chi connectivity index (χ3v) is 12.0. The number of anilines is 1. The number of carbonyl (C=O) groups is 1. The van der Waals surface area contributed by atoms with E-state index in [2.05, 4.69) is 34.4 Å². The van der Waals surface area contributed by atoms with E-state index in [9.17, 15) is 13.2 Å². The number of pyridine rings is 1. The van der Waals surface area contributed by atoms with Crippen LogP contribution in [0.3, 0.4) is 0 Å². The van der Waals surface area contributed by atoms with Crippen LogP contribution < -0.4 is 5.73 Å². The first kappa shape index (κ1) is 31.9. The number of nitrogens with two attached hydrogens (primary N) is 1. The lowest BCUT2D eigenvalue weighted by Crippen LogP contribution is -2.43. The molecule has 1 aliphatic carbocycles. The molecule has 2 fully saturated rings. The Morgan fingerprint density at radius 3 is 2.42 bits per heavy atom. The van der Waals surface area contributed by atoms with Crippen LogP contribution in [0.25, 0.3) is 21.3 Å². The van der Waals surface area contributed by atoms with E-state index in [0.717, 1.165) is 110 Å². The molecule has 0 spiro atoms. The van der Waals surface area contributed by atoms with E-state index in [4.69, 9.17) is 14.9 Å². The summed E-state index contributed by atoms with van der Waals surface area (Å²) in [6.07, 6.45) is 8.20. The predicted molar refractivity (Wildman–Crippen MR) is 180 cm³/mol. The smallest absolute Gasteiger partial charge is 0.296 e. The van der Waals surface area contributed by atoms with Crippen LogP contribution in [-0.2, 0) is 32.1 Å². The molecule has 6 rings (SSSR count). The number of nitrogen functional groups attached to an aromatic ring is 1. The highest BCUT2D eigenvalue weighted by atomic mass is 32.2. The fourth-order valence-corrected chi connectivity index (χ4v) is 8.94. The molecular weight excluding hydrogens is 607 g/mol. The summed E-state index contributed by atoms with van der Waals surface area (Å²) in [5, 5.41) is 0. The van der Waals surface area contributed by atoms with Crippen molar-refractivity contribution < 1.29 is 17.4 Å². The highest BCUT2D eigenvalue weighted by Crippen LogP contribution is 2.36. The topological polar surface area (TPSA) is 120 Å². The predicted octanol–water partition coefficient (Wildman–Crippen LogP) is 6.64. The number of hydrogen-bond donors (Lipinski definition) is 1. The number of carbonyl (C=O) groups excluding carboxylic acids is 1. The Hall–Kier alpha value is -3.02. The molecule has 3 aromatic heterocycles. The molecule has 45 heavy (non-hydrogen) atoms. The number of imidazole rings is 1. The minimum atomic E-state index is -3.77. The molecule has 0 atom stereocenters. The molecule has 4 heterocycles. The number of aromatic nitrogens is 3. The summed E-state index contributed by atoms with van der Waals surface area (Å²) in [7, 11) is -3.77. The van der Waals surface area contributed by atoms with Gasteiger partial charge in [-0.1, -0.05) is 31.0 Å². The van der Waals surface area contributed by atoms with Gasteiger partial charge in [0.2, 0.25) is 5.91 Å². The first-order valence-electron chi connectivity index (χ1n) is 16.4. The van der Waals surface area contributed by atoms with E-state index in [0.29, 0.717) is 11.7 Å². The first-order chi connectivity index (χ1) is 21.6. The number of thiophene rings is 1. The molecule has 1 amide bonds. The number of hydrogen-bond acceptors (Lipinski definition) is 8. The maximum absolute atomic E-state index is 13.5. The summed E-state index contributed by atoms with van der Waals surface area (Å²) in [4.78, 5) is 26.6. The van der Waals surface area contributed by atoms with Gasteiger partial charge in [-0.2, -0.15) is 8.42 Å². The summed E-state index contributed by atoms with van der Waals surface area (Å²) < 4.78 is 34.2. The number of piperidine rings is 1. The molecule has 4 aromatic rings. The molecule has 1 saturated heterocycles. The molecule has 2 N–H and O–H groups in total. The van der Waals surface area contributed by atoms with E-state index >= 15 is 0 Å². The van der Waals surface area contributed by atoms with Crippen molar-refractivity contribution in [2.75, 3.05) is 25.4 Å². The van der Waals surface area contributed by atoms with Gasteiger partial charge in [0.25, 0.3) is 10.1 Å². The number of nitrogens with zero attached hydrogens (tertiary/aromatic N) is 4. The van der Waals surface area contributed by atoms with Crippen molar-refractivity contribution in [1.82, 2.24) is 19.4 Å². The lowest BCUT2D eigenvalue weighted by atomic mass is 9.81. The van der Waals surface area contributed by atoms with Crippen molar-refractivity contribution >= 4 is 54.4 Å². The van der Waals surface area contributed by atoms with E-state index in [1.54, 1.807) is 35.6 Å². The number of amides is 1. The maximum Gasteiger partial charge on any atom is 0.296 e. The zero-order chi connectivity index (χ0) is 31.7. The van der Waals surface area contributed by atoms with E-state index in [1.807, 2.05) is 6.92 Å². The van der Waals surface area contributed by atoms with Gasteiger partial charge < -0.3 is 15.2 Å². The fraction of sp³-hybridized carbons (Fsp3) is 0.559. The van der Waals surface area contributed by atoms with Gasteiger partial charge in [0, 0.05) is 36.9 Å². The zero-order valence-electron chi connectivity index (χ0n) is 26.6. The second-order valence-electron chi connectivity index (χ2n) is 13.0. The Kier molecular flexibility index (Phi) is 9.49. The quantitative estimate of drug-likeness (QED) is 0.191. The molecule has 0 unspecified atom stereocenters. The number of rotatable bonds is 10. The van der Waals surface area contributed by atoms with Gasteiger partial charge in [-0.05, 0) is 88.8 Å². The Morgan fingerprint density at radius 2 is 1.73 bits per heavy atom. The Bertz CT molecular complexity index is 1760. The third-order valence-electron chi connectivity index (χ3n) is 9.67. The van der Waals surface area contributed by atoms with E-state index in [1.165, 1.54) is 4.88 Å². The van der Waals surface area contributed by atoms with Crippen molar-refractivity contribution in [3.8, 4) is 0 Å². The minimum Gasteiger partial charge on any atom is -0.382 e. The van der Waals surface area contributed by atoms with Gasteiger partial charge in [-0.25, -0.2) is 9.97 Å². The Morgan fingerprint density at radius 1 is 1.02 bits per heavy atom. The molecule has 1 aliphatic heterocycles. The molecule has 11 heteroatoms. The van der Waals surface area contributed by atoms with Crippen LogP contribution in [0.1, 0.15) is 74.6 Å². The van der Waals surface area contributed by atoms with Gasteiger partial charge in [-0.3, -0.25) is 8.98 Å². The van der Waals surface area contributed by atoms with E-state index < -0.39 is 10.1 Å².